The Morgan fingerprint density at radius 3 is 2.40 bits per heavy atom. The van der Waals surface area contributed by atoms with Gasteiger partial charge in [0, 0.05) is 6.20 Å². The van der Waals surface area contributed by atoms with Crippen molar-refractivity contribution in [3.05, 3.63) is 46.2 Å². The van der Waals surface area contributed by atoms with E-state index in [-0.39, 0.29) is 0 Å². The van der Waals surface area contributed by atoms with Gasteiger partial charge in [0.2, 0.25) is 0 Å². The Morgan fingerprint density at radius 2 is 1.87 bits per heavy atom. The summed E-state index contributed by atoms with van der Waals surface area (Å²) >= 11 is 12.0. The molecule has 5 heteroatoms. The van der Waals surface area contributed by atoms with E-state index >= 15 is 0 Å². The summed E-state index contributed by atoms with van der Waals surface area (Å²) in [6.07, 6.45) is 1.64. The summed E-state index contributed by atoms with van der Waals surface area (Å²) in [6, 6.07) is 8.73. The van der Waals surface area contributed by atoms with Crippen LogP contribution in [0.5, 0.6) is 0 Å². The zero-order valence-electron chi connectivity index (χ0n) is 7.48. The van der Waals surface area contributed by atoms with Crippen LogP contribution in [0.1, 0.15) is 5.69 Å². The minimum Gasteiger partial charge on any atom is -0.237 e. The number of para-hydroxylation sites is 1. The van der Waals surface area contributed by atoms with Crippen LogP contribution in [0.2, 0.25) is 10.0 Å². The fourth-order valence-electron chi connectivity index (χ4n) is 1.22. The second kappa shape index (κ2) is 3.93. The highest BCUT2D eigenvalue weighted by Gasteiger charge is 2.08. The molecule has 0 saturated heterocycles. The molecule has 0 atom stereocenters. The molecule has 1 heterocycles. The smallest absolute Gasteiger partial charge is 0.162 e. The monoisotopic (exact) mass is 237 g/mol. The van der Waals surface area contributed by atoms with Gasteiger partial charge in [0.25, 0.3) is 0 Å². The van der Waals surface area contributed by atoms with Crippen LogP contribution in [0.15, 0.2) is 30.5 Å². The number of rotatable bonds is 1. The van der Waals surface area contributed by atoms with E-state index in [0.29, 0.717) is 21.4 Å². The van der Waals surface area contributed by atoms with Gasteiger partial charge in [-0.1, -0.05) is 29.3 Å². The largest absolute Gasteiger partial charge is 0.237 e. The number of aromatic nitrogens is 2. The van der Waals surface area contributed by atoms with Crippen molar-refractivity contribution in [2.75, 3.05) is 0 Å². The lowest BCUT2D eigenvalue weighted by Gasteiger charge is -2.05. The molecule has 0 aliphatic rings. The van der Waals surface area contributed by atoms with E-state index in [0.717, 1.165) is 0 Å². The lowest BCUT2D eigenvalue weighted by Crippen LogP contribution is -1.97. The van der Waals surface area contributed by atoms with Crippen LogP contribution in [0.25, 0.3) is 5.69 Å². The van der Waals surface area contributed by atoms with Crippen LogP contribution in [0.3, 0.4) is 0 Å². The van der Waals surface area contributed by atoms with Crippen LogP contribution in [-0.4, -0.2) is 9.78 Å². The van der Waals surface area contributed by atoms with Crippen molar-refractivity contribution < 1.29 is 0 Å². The van der Waals surface area contributed by atoms with Crippen molar-refractivity contribution in [2.45, 2.75) is 0 Å². The predicted octanol–water partition coefficient (Wildman–Crippen LogP) is 3.05. The fourth-order valence-corrected chi connectivity index (χ4v) is 1.79. The molecule has 0 N–H and O–H groups in total. The van der Waals surface area contributed by atoms with Gasteiger partial charge in [-0.05, 0) is 18.2 Å². The Kier molecular flexibility index (Phi) is 2.63. The second-order valence-electron chi connectivity index (χ2n) is 2.83. The molecule has 0 spiro atoms. The van der Waals surface area contributed by atoms with Gasteiger partial charge in [-0.25, -0.2) is 4.68 Å². The molecular formula is C10H5Cl2N3. The Bertz CT molecular complexity index is 520. The standard InChI is InChI=1S/C10H5Cl2N3/c11-8-2-1-3-9(12)10(8)15-5-4-7(6-13)14-15/h1-5H. The SMILES string of the molecule is N#Cc1ccn(-c2c(Cl)cccc2Cl)n1. The molecule has 1 aromatic heterocycles. The van der Waals surface area contributed by atoms with Crippen LogP contribution < -0.4 is 0 Å². The van der Waals surface area contributed by atoms with E-state index in [1.165, 1.54) is 4.68 Å². The van der Waals surface area contributed by atoms with E-state index < -0.39 is 0 Å². The van der Waals surface area contributed by atoms with Crippen molar-refractivity contribution in [3.8, 4) is 11.8 Å². The molecule has 15 heavy (non-hydrogen) atoms. The summed E-state index contributed by atoms with van der Waals surface area (Å²) in [4.78, 5) is 0. The maximum absolute atomic E-state index is 8.64. The van der Waals surface area contributed by atoms with Crippen LogP contribution in [-0.2, 0) is 0 Å². The molecule has 0 unspecified atom stereocenters. The van der Waals surface area contributed by atoms with Gasteiger partial charge in [-0.2, -0.15) is 10.4 Å². The summed E-state index contributed by atoms with van der Waals surface area (Å²) in [6.45, 7) is 0. The first kappa shape index (κ1) is 10.0. The van der Waals surface area contributed by atoms with Crippen molar-refractivity contribution in [1.82, 2.24) is 9.78 Å². The van der Waals surface area contributed by atoms with Crippen LogP contribution in [0.4, 0.5) is 0 Å². The van der Waals surface area contributed by atoms with Gasteiger partial charge in [-0.15, -0.1) is 0 Å². The van der Waals surface area contributed by atoms with Gasteiger partial charge in [-0.3, -0.25) is 0 Å². The van der Waals surface area contributed by atoms with E-state index in [2.05, 4.69) is 5.10 Å². The lowest BCUT2D eigenvalue weighted by molar-refractivity contribution is 0.873. The first-order chi connectivity index (χ1) is 7.22. The number of benzene rings is 1. The van der Waals surface area contributed by atoms with Crippen molar-refractivity contribution >= 4 is 23.2 Å². The third-order valence-electron chi connectivity index (χ3n) is 1.87. The maximum atomic E-state index is 8.64. The predicted molar refractivity (Wildman–Crippen MR) is 58.3 cm³/mol. The third kappa shape index (κ3) is 1.82. The van der Waals surface area contributed by atoms with Crippen LogP contribution >= 0.6 is 23.2 Å². The van der Waals surface area contributed by atoms with Gasteiger partial charge in [0.1, 0.15) is 11.8 Å². The van der Waals surface area contributed by atoms with E-state index in [1.54, 1.807) is 30.5 Å². The molecule has 0 radical (unpaired) electrons. The molecule has 74 valence electrons. The molecule has 0 saturated carbocycles. The molecule has 1 aromatic carbocycles. The van der Waals surface area contributed by atoms with E-state index in [1.807, 2.05) is 6.07 Å². The van der Waals surface area contributed by atoms with Gasteiger partial charge >= 0.3 is 0 Å². The highest BCUT2D eigenvalue weighted by Crippen LogP contribution is 2.27. The summed E-state index contributed by atoms with van der Waals surface area (Å²) < 4.78 is 1.49. The van der Waals surface area contributed by atoms with E-state index in [4.69, 9.17) is 28.5 Å². The number of nitrogens with zero attached hydrogens (tertiary/aromatic N) is 3. The average molecular weight is 238 g/mol. The first-order valence-electron chi connectivity index (χ1n) is 4.12. The number of nitriles is 1. The first-order valence-corrected chi connectivity index (χ1v) is 4.88. The van der Waals surface area contributed by atoms with Gasteiger partial charge < -0.3 is 0 Å². The Labute approximate surface area is 96.5 Å². The second-order valence-corrected chi connectivity index (χ2v) is 3.64. The molecule has 0 aliphatic carbocycles. The molecule has 0 aliphatic heterocycles. The summed E-state index contributed by atoms with van der Waals surface area (Å²) in [5.74, 6) is 0. The van der Waals surface area contributed by atoms with Crippen LogP contribution in [0, 0.1) is 11.3 Å². The zero-order valence-corrected chi connectivity index (χ0v) is 9.00. The summed E-state index contributed by atoms with van der Waals surface area (Å²) in [5.41, 5.74) is 0.910. The molecule has 0 bridgehead atoms. The lowest BCUT2D eigenvalue weighted by atomic mass is 10.3. The molecule has 0 fully saturated rings. The quantitative estimate of drug-likeness (QED) is 0.766. The average Bonchev–Trinajstić information content (AvgIpc) is 2.66. The molecular weight excluding hydrogens is 233 g/mol. The molecule has 0 amide bonds. The number of hydrogen-bond donors (Lipinski definition) is 0. The number of halogens is 2. The van der Waals surface area contributed by atoms with Crippen molar-refractivity contribution in [2.24, 2.45) is 0 Å². The molecule has 2 aromatic rings. The fraction of sp³-hybridized carbons (Fsp3) is 0. The zero-order chi connectivity index (χ0) is 10.8. The Balaban J connectivity index is 2.59. The topological polar surface area (TPSA) is 41.6 Å². The third-order valence-corrected chi connectivity index (χ3v) is 2.48. The normalized spacial score (nSPS) is 9.93. The summed E-state index contributed by atoms with van der Waals surface area (Å²) in [5, 5.41) is 13.6. The number of hydrogen-bond acceptors (Lipinski definition) is 2. The minimum atomic E-state index is 0.325. The Morgan fingerprint density at radius 1 is 1.20 bits per heavy atom. The summed E-state index contributed by atoms with van der Waals surface area (Å²) in [7, 11) is 0. The molecule has 2 rings (SSSR count). The Hall–Kier alpha value is -1.50. The van der Waals surface area contributed by atoms with E-state index in [9.17, 15) is 0 Å². The highest BCUT2D eigenvalue weighted by molar-refractivity contribution is 6.37. The molecule has 3 nitrogen and oxygen atoms in total. The van der Waals surface area contributed by atoms with Crippen molar-refractivity contribution in [3.63, 3.8) is 0 Å². The maximum Gasteiger partial charge on any atom is 0.162 e. The highest BCUT2D eigenvalue weighted by atomic mass is 35.5. The minimum absolute atomic E-state index is 0.325. The van der Waals surface area contributed by atoms with Crippen molar-refractivity contribution in [1.29, 1.82) is 5.26 Å². The van der Waals surface area contributed by atoms with Gasteiger partial charge in [0.15, 0.2) is 5.69 Å². The van der Waals surface area contributed by atoms with Gasteiger partial charge in [0.05, 0.1) is 10.0 Å².